The third-order valence-electron chi connectivity index (χ3n) is 8.06. The highest BCUT2D eigenvalue weighted by molar-refractivity contribution is 6.32. The third kappa shape index (κ3) is 2.01. The van der Waals surface area contributed by atoms with E-state index in [9.17, 15) is 9.59 Å². The number of hydrogen-bond donors (Lipinski definition) is 0. The normalized spacial score (nSPS) is 30.3. The average Bonchev–Trinajstić information content (AvgIpc) is 3.05. The van der Waals surface area contributed by atoms with Gasteiger partial charge in [-0.2, -0.15) is 0 Å². The Morgan fingerprint density at radius 3 is 1.55 bits per heavy atom. The first-order chi connectivity index (χ1) is 14.8. The molecule has 1 aliphatic heterocycles. The molecule has 3 aromatic carbocycles. The lowest BCUT2D eigenvalue weighted by atomic mass is 9.42. The Bertz CT molecular complexity index is 1190. The zero-order valence-electron chi connectivity index (χ0n) is 17.6. The number of imide groups is 1. The standard InChI is InChI=1S/C27H22ClNO2/c1-15-12-13-16(14-21(15)28)29-24(30)22-23(25(29)31)27(3)19-10-6-4-8-17(19)26(22,2)18-9-5-7-11-20(18)27/h4-14,22-23H,1-3H3/t22-,23+,26?,27?. The molecular formula is C27H22ClNO2. The minimum atomic E-state index is -0.564. The summed E-state index contributed by atoms with van der Waals surface area (Å²) < 4.78 is 0. The molecule has 7 rings (SSSR count). The first kappa shape index (κ1) is 18.8. The molecule has 1 fully saturated rings. The Morgan fingerprint density at radius 1 is 0.742 bits per heavy atom. The van der Waals surface area contributed by atoms with Crippen LogP contribution in [0.5, 0.6) is 0 Å². The summed E-state index contributed by atoms with van der Waals surface area (Å²) in [5.74, 6) is -1.16. The molecule has 0 unspecified atom stereocenters. The molecule has 154 valence electrons. The highest BCUT2D eigenvalue weighted by Gasteiger charge is 2.70. The van der Waals surface area contributed by atoms with Crippen LogP contribution in [0.15, 0.2) is 66.7 Å². The number of aryl methyl sites for hydroxylation is 1. The Hall–Kier alpha value is -2.91. The summed E-state index contributed by atoms with van der Waals surface area (Å²) in [7, 11) is 0. The lowest BCUT2D eigenvalue weighted by Crippen LogP contribution is -2.59. The van der Waals surface area contributed by atoms with Gasteiger partial charge in [-0.3, -0.25) is 9.59 Å². The first-order valence-electron chi connectivity index (χ1n) is 10.6. The van der Waals surface area contributed by atoms with Gasteiger partial charge in [0.1, 0.15) is 0 Å². The van der Waals surface area contributed by atoms with Gasteiger partial charge >= 0.3 is 0 Å². The highest BCUT2D eigenvalue weighted by atomic mass is 35.5. The molecule has 2 bridgehead atoms. The number of benzene rings is 3. The molecule has 0 aromatic heterocycles. The predicted octanol–water partition coefficient (Wildman–Crippen LogP) is 5.39. The summed E-state index contributed by atoms with van der Waals surface area (Å²) in [6.45, 7) is 6.19. The van der Waals surface area contributed by atoms with Gasteiger partial charge in [-0.1, -0.05) is 80.0 Å². The highest BCUT2D eigenvalue weighted by Crippen LogP contribution is 2.66. The topological polar surface area (TPSA) is 37.4 Å². The molecule has 1 heterocycles. The average molecular weight is 428 g/mol. The molecule has 2 amide bonds. The van der Waals surface area contributed by atoms with E-state index < -0.39 is 22.7 Å². The van der Waals surface area contributed by atoms with Crippen LogP contribution in [0.25, 0.3) is 0 Å². The van der Waals surface area contributed by atoms with E-state index in [1.807, 2.05) is 43.3 Å². The van der Waals surface area contributed by atoms with E-state index in [1.165, 1.54) is 4.90 Å². The van der Waals surface area contributed by atoms with E-state index in [-0.39, 0.29) is 11.8 Å². The number of anilines is 1. The minimum Gasteiger partial charge on any atom is -0.274 e. The number of hydrogen-bond acceptors (Lipinski definition) is 2. The Balaban J connectivity index is 1.65. The first-order valence-corrected chi connectivity index (χ1v) is 11.0. The van der Waals surface area contributed by atoms with Crippen molar-refractivity contribution in [3.63, 3.8) is 0 Å². The second kappa shape index (κ2) is 5.86. The zero-order valence-corrected chi connectivity index (χ0v) is 18.4. The van der Waals surface area contributed by atoms with Gasteiger partial charge in [0.25, 0.3) is 0 Å². The number of halogens is 1. The van der Waals surface area contributed by atoms with Crippen LogP contribution in [0.1, 0.15) is 41.7 Å². The van der Waals surface area contributed by atoms with Crippen LogP contribution in [-0.2, 0) is 20.4 Å². The molecule has 3 nitrogen and oxygen atoms in total. The molecule has 2 atom stereocenters. The van der Waals surface area contributed by atoms with E-state index in [4.69, 9.17) is 11.6 Å². The number of rotatable bonds is 1. The number of nitrogens with zero attached hydrogens (tertiary/aromatic N) is 1. The lowest BCUT2D eigenvalue weighted by Gasteiger charge is -2.57. The molecule has 0 spiro atoms. The smallest absolute Gasteiger partial charge is 0.238 e. The summed E-state index contributed by atoms with van der Waals surface area (Å²) in [5, 5.41) is 0.555. The fourth-order valence-corrected chi connectivity index (χ4v) is 6.72. The van der Waals surface area contributed by atoms with Crippen molar-refractivity contribution >= 4 is 29.1 Å². The van der Waals surface area contributed by atoms with Crippen LogP contribution in [0, 0.1) is 18.8 Å². The van der Waals surface area contributed by atoms with Crippen LogP contribution >= 0.6 is 11.6 Å². The van der Waals surface area contributed by atoms with Crippen molar-refractivity contribution in [1.29, 1.82) is 0 Å². The largest absolute Gasteiger partial charge is 0.274 e. The fourth-order valence-electron chi connectivity index (χ4n) is 6.55. The maximum absolute atomic E-state index is 14.0. The number of carbonyl (C=O) groups is 2. The monoisotopic (exact) mass is 427 g/mol. The Kier molecular flexibility index (Phi) is 3.56. The van der Waals surface area contributed by atoms with Gasteiger partial charge in [-0.05, 0) is 46.9 Å². The van der Waals surface area contributed by atoms with Crippen LogP contribution < -0.4 is 4.90 Å². The second-order valence-corrected chi connectivity index (χ2v) is 9.80. The molecule has 4 aliphatic rings. The lowest BCUT2D eigenvalue weighted by molar-refractivity contribution is -0.124. The molecule has 1 saturated heterocycles. The van der Waals surface area contributed by atoms with Gasteiger partial charge in [-0.15, -0.1) is 0 Å². The van der Waals surface area contributed by atoms with E-state index in [0.29, 0.717) is 10.7 Å². The zero-order chi connectivity index (χ0) is 21.7. The van der Waals surface area contributed by atoms with Gasteiger partial charge in [0.05, 0.1) is 17.5 Å². The minimum absolute atomic E-state index is 0.132. The van der Waals surface area contributed by atoms with Crippen molar-refractivity contribution in [2.75, 3.05) is 4.90 Å². The predicted molar refractivity (Wildman–Crippen MR) is 121 cm³/mol. The van der Waals surface area contributed by atoms with Gasteiger partial charge in [-0.25, -0.2) is 4.90 Å². The van der Waals surface area contributed by atoms with E-state index in [2.05, 4.69) is 38.1 Å². The van der Waals surface area contributed by atoms with Gasteiger partial charge < -0.3 is 0 Å². The van der Waals surface area contributed by atoms with Crippen molar-refractivity contribution < 1.29 is 9.59 Å². The maximum Gasteiger partial charge on any atom is 0.238 e. The SMILES string of the molecule is Cc1ccc(N2C(=O)[C@@H]3[C@H](C2=O)C2(C)c4ccccc4C3(C)c3ccccc32)cc1Cl. The van der Waals surface area contributed by atoms with Crippen molar-refractivity contribution in [2.45, 2.75) is 31.6 Å². The molecule has 0 radical (unpaired) electrons. The molecule has 4 heteroatoms. The van der Waals surface area contributed by atoms with Crippen molar-refractivity contribution in [1.82, 2.24) is 0 Å². The van der Waals surface area contributed by atoms with E-state index in [0.717, 1.165) is 27.8 Å². The van der Waals surface area contributed by atoms with Crippen molar-refractivity contribution in [3.05, 3.63) is 99.6 Å². The Morgan fingerprint density at radius 2 is 1.16 bits per heavy atom. The van der Waals surface area contributed by atoms with Crippen molar-refractivity contribution in [2.24, 2.45) is 11.8 Å². The summed E-state index contributed by atoms with van der Waals surface area (Å²) in [4.78, 5) is 29.3. The molecule has 3 aliphatic carbocycles. The van der Waals surface area contributed by atoms with Crippen LogP contribution in [-0.4, -0.2) is 11.8 Å². The van der Waals surface area contributed by atoms with Gasteiger partial charge in [0, 0.05) is 15.9 Å². The number of carbonyl (C=O) groups excluding carboxylic acids is 2. The molecule has 3 aromatic rings. The summed E-state index contributed by atoms with van der Waals surface area (Å²) in [6.07, 6.45) is 0. The van der Waals surface area contributed by atoms with Crippen LogP contribution in [0.3, 0.4) is 0 Å². The summed E-state index contributed by atoms with van der Waals surface area (Å²) >= 11 is 6.36. The van der Waals surface area contributed by atoms with E-state index >= 15 is 0 Å². The number of amides is 2. The molecule has 0 N–H and O–H groups in total. The second-order valence-electron chi connectivity index (χ2n) is 9.40. The fraction of sp³-hybridized carbons (Fsp3) is 0.259. The van der Waals surface area contributed by atoms with Crippen molar-refractivity contribution in [3.8, 4) is 0 Å². The third-order valence-corrected chi connectivity index (χ3v) is 8.46. The molecular weight excluding hydrogens is 406 g/mol. The van der Waals surface area contributed by atoms with E-state index in [1.54, 1.807) is 6.07 Å². The summed E-state index contributed by atoms with van der Waals surface area (Å²) in [6, 6.07) is 22.1. The maximum atomic E-state index is 14.0. The van der Waals surface area contributed by atoms with Crippen LogP contribution in [0.4, 0.5) is 5.69 Å². The molecule has 0 saturated carbocycles. The summed E-state index contributed by atoms with van der Waals surface area (Å²) in [5.41, 5.74) is 4.96. The quantitative estimate of drug-likeness (QED) is 0.488. The molecule has 31 heavy (non-hydrogen) atoms. The Labute approximate surface area is 186 Å². The van der Waals surface area contributed by atoms with Gasteiger partial charge in [0.15, 0.2) is 0 Å². The van der Waals surface area contributed by atoms with Crippen LogP contribution in [0.2, 0.25) is 5.02 Å². The van der Waals surface area contributed by atoms with Gasteiger partial charge in [0.2, 0.25) is 11.8 Å².